The topological polar surface area (TPSA) is 66.9 Å². The summed E-state index contributed by atoms with van der Waals surface area (Å²) in [6.45, 7) is 6.71. The van der Waals surface area contributed by atoms with E-state index >= 15 is 0 Å². The second-order valence-corrected chi connectivity index (χ2v) is 5.42. The molecule has 0 spiro atoms. The minimum Gasteiger partial charge on any atom is -0.350 e. The summed E-state index contributed by atoms with van der Waals surface area (Å²) in [7, 11) is 0. The van der Waals surface area contributed by atoms with Gasteiger partial charge < -0.3 is 10.6 Å². The highest BCUT2D eigenvalue weighted by Gasteiger charge is 2.09. The van der Waals surface area contributed by atoms with E-state index in [0.29, 0.717) is 18.1 Å². The van der Waals surface area contributed by atoms with Gasteiger partial charge in [0.1, 0.15) is 0 Å². The molecule has 1 unspecified atom stereocenters. The number of hydrogen-bond acceptors (Lipinski definition) is 4. The van der Waals surface area contributed by atoms with Gasteiger partial charge in [-0.15, -0.1) is 0 Å². The average molecular weight is 298 g/mol. The van der Waals surface area contributed by atoms with Crippen molar-refractivity contribution in [1.82, 2.24) is 15.3 Å². The van der Waals surface area contributed by atoms with Crippen molar-refractivity contribution in [2.45, 2.75) is 39.8 Å². The van der Waals surface area contributed by atoms with Gasteiger partial charge in [0.05, 0.1) is 5.56 Å². The largest absolute Gasteiger partial charge is 0.350 e. The van der Waals surface area contributed by atoms with E-state index in [1.54, 1.807) is 12.4 Å². The van der Waals surface area contributed by atoms with Gasteiger partial charge in [-0.1, -0.05) is 36.8 Å². The maximum absolute atomic E-state index is 11.9. The van der Waals surface area contributed by atoms with Gasteiger partial charge in [-0.3, -0.25) is 4.79 Å². The lowest BCUT2D eigenvalue weighted by atomic mass is 10.1. The number of aromatic nitrogens is 2. The summed E-state index contributed by atoms with van der Waals surface area (Å²) in [5, 5.41) is 6.04. The summed E-state index contributed by atoms with van der Waals surface area (Å²) in [5.41, 5.74) is 2.86. The predicted molar refractivity (Wildman–Crippen MR) is 87.8 cm³/mol. The van der Waals surface area contributed by atoms with Crippen LogP contribution >= 0.6 is 0 Å². The third kappa shape index (κ3) is 4.55. The highest BCUT2D eigenvalue weighted by atomic mass is 16.1. The third-order valence-electron chi connectivity index (χ3n) is 3.44. The number of nitrogens with one attached hydrogen (secondary N) is 2. The molecule has 0 saturated carbocycles. The average Bonchev–Trinajstić information content (AvgIpc) is 2.53. The van der Waals surface area contributed by atoms with Crippen LogP contribution in [-0.2, 0) is 6.54 Å². The van der Waals surface area contributed by atoms with Crippen molar-refractivity contribution in [1.29, 1.82) is 0 Å². The van der Waals surface area contributed by atoms with Crippen LogP contribution in [0.5, 0.6) is 0 Å². The highest BCUT2D eigenvalue weighted by Crippen LogP contribution is 2.07. The van der Waals surface area contributed by atoms with Crippen LogP contribution < -0.4 is 10.6 Å². The standard InChI is InChI=1S/C17H22N4O/c1-4-13(3)21-16(22)15-10-19-17(20-11-15)18-9-14-7-5-6-12(2)8-14/h5-8,10-11,13H,4,9H2,1-3H3,(H,21,22)(H,18,19,20). The molecule has 5 nitrogen and oxygen atoms in total. The zero-order valence-electron chi connectivity index (χ0n) is 13.3. The summed E-state index contributed by atoms with van der Waals surface area (Å²) in [6.07, 6.45) is 3.98. The molecule has 0 fully saturated rings. The van der Waals surface area contributed by atoms with Crippen LogP contribution in [0.1, 0.15) is 41.8 Å². The Kier molecular flexibility index (Phi) is 5.47. The molecule has 1 atom stereocenters. The highest BCUT2D eigenvalue weighted by molar-refractivity contribution is 5.93. The van der Waals surface area contributed by atoms with Crippen molar-refractivity contribution < 1.29 is 4.79 Å². The van der Waals surface area contributed by atoms with Crippen molar-refractivity contribution in [3.8, 4) is 0 Å². The van der Waals surface area contributed by atoms with Crippen molar-refractivity contribution in [2.24, 2.45) is 0 Å². The van der Waals surface area contributed by atoms with Gasteiger partial charge in [0.15, 0.2) is 0 Å². The lowest BCUT2D eigenvalue weighted by Gasteiger charge is -2.11. The minimum atomic E-state index is -0.139. The first kappa shape index (κ1) is 15.9. The second kappa shape index (κ2) is 7.54. The SMILES string of the molecule is CCC(C)NC(=O)c1cnc(NCc2cccc(C)c2)nc1. The number of amides is 1. The van der Waals surface area contributed by atoms with Crippen LogP contribution in [-0.4, -0.2) is 21.9 Å². The number of hydrogen-bond donors (Lipinski definition) is 2. The zero-order chi connectivity index (χ0) is 15.9. The number of benzene rings is 1. The van der Waals surface area contributed by atoms with E-state index in [0.717, 1.165) is 6.42 Å². The van der Waals surface area contributed by atoms with Crippen LogP contribution in [0.3, 0.4) is 0 Å². The molecule has 1 amide bonds. The first-order valence-electron chi connectivity index (χ1n) is 7.50. The minimum absolute atomic E-state index is 0.139. The van der Waals surface area contributed by atoms with E-state index in [-0.39, 0.29) is 11.9 Å². The van der Waals surface area contributed by atoms with Crippen LogP contribution in [0.25, 0.3) is 0 Å². The summed E-state index contributed by atoms with van der Waals surface area (Å²) in [4.78, 5) is 20.3. The molecule has 1 aromatic heterocycles. The van der Waals surface area contributed by atoms with Crippen LogP contribution in [0.2, 0.25) is 0 Å². The van der Waals surface area contributed by atoms with Crippen molar-refractivity contribution in [2.75, 3.05) is 5.32 Å². The second-order valence-electron chi connectivity index (χ2n) is 5.42. The number of aryl methyl sites for hydroxylation is 1. The van der Waals surface area contributed by atoms with Gasteiger partial charge in [-0.25, -0.2) is 9.97 Å². The molecule has 0 radical (unpaired) electrons. The molecule has 2 N–H and O–H groups in total. The van der Waals surface area contributed by atoms with Crippen LogP contribution in [0.4, 0.5) is 5.95 Å². The van der Waals surface area contributed by atoms with Crippen molar-refractivity contribution in [3.63, 3.8) is 0 Å². The van der Waals surface area contributed by atoms with E-state index in [1.807, 2.05) is 26.0 Å². The van der Waals surface area contributed by atoms with Gasteiger partial charge in [-0.05, 0) is 25.8 Å². The maximum atomic E-state index is 11.9. The van der Waals surface area contributed by atoms with Gasteiger partial charge in [-0.2, -0.15) is 0 Å². The van der Waals surface area contributed by atoms with Gasteiger partial charge in [0, 0.05) is 25.0 Å². The Balaban J connectivity index is 1.93. The molecular weight excluding hydrogens is 276 g/mol. The Morgan fingerprint density at radius 3 is 2.64 bits per heavy atom. The lowest BCUT2D eigenvalue weighted by Crippen LogP contribution is -2.32. The summed E-state index contributed by atoms with van der Waals surface area (Å²) in [6, 6.07) is 8.39. The van der Waals surface area contributed by atoms with Crippen LogP contribution in [0, 0.1) is 6.92 Å². The summed E-state index contributed by atoms with van der Waals surface area (Å²) in [5.74, 6) is 0.376. The fourth-order valence-electron chi connectivity index (χ4n) is 1.95. The Bertz CT molecular complexity index is 625. The molecule has 22 heavy (non-hydrogen) atoms. The fourth-order valence-corrected chi connectivity index (χ4v) is 1.95. The smallest absolute Gasteiger partial charge is 0.254 e. The first-order valence-corrected chi connectivity index (χ1v) is 7.50. The van der Waals surface area contributed by atoms with Crippen LogP contribution in [0.15, 0.2) is 36.7 Å². The Hall–Kier alpha value is -2.43. The number of carbonyl (C=O) groups is 1. The lowest BCUT2D eigenvalue weighted by molar-refractivity contribution is 0.0938. The Morgan fingerprint density at radius 1 is 1.27 bits per heavy atom. The van der Waals surface area contributed by atoms with E-state index in [2.05, 4.69) is 39.7 Å². The summed E-state index contributed by atoms with van der Waals surface area (Å²) >= 11 is 0. The van der Waals surface area contributed by atoms with Crippen molar-refractivity contribution >= 4 is 11.9 Å². The van der Waals surface area contributed by atoms with Gasteiger partial charge in [0.2, 0.25) is 5.95 Å². The number of carbonyl (C=O) groups excluding carboxylic acids is 1. The molecule has 2 aromatic rings. The molecule has 0 aliphatic heterocycles. The molecule has 1 heterocycles. The monoisotopic (exact) mass is 298 g/mol. The quantitative estimate of drug-likeness (QED) is 0.860. The molecule has 116 valence electrons. The van der Waals surface area contributed by atoms with Gasteiger partial charge in [0.25, 0.3) is 5.91 Å². The van der Waals surface area contributed by atoms with E-state index in [1.165, 1.54) is 11.1 Å². The predicted octanol–water partition coefficient (Wildman–Crippen LogP) is 2.93. The fraction of sp³-hybridized carbons (Fsp3) is 0.353. The van der Waals surface area contributed by atoms with E-state index in [4.69, 9.17) is 0 Å². The molecule has 5 heteroatoms. The molecule has 1 aromatic carbocycles. The Labute approximate surface area is 131 Å². The molecule has 0 aliphatic carbocycles. The van der Waals surface area contributed by atoms with Crippen molar-refractivity contribution in [3.05, 3.63) is 53.3 Å². The first-order chi connectivity index (χ1) is 10.6. The Morgan fingerprint density at radius 2 is 2.00 bits per heavy atom. The normalized spacial score (nSPS) is 11.8. The summed E-state index contributed by atoms with van der Waals surface area (Å²) < 4.78 is 0. The van der Waals surface area contributed by atoms with E-state index in [9.17, 15) is 4.79 Å². The molecular formula is C17H22N4O. The molecule has 2 rings (SSSR count). The van der Waals surface area contributed by atoms with E-state index < -0.39 is 0 Å². The molecule has 0 aliphatic rings. The zero-order valence-corrected chi connectivity index (χ0v) is 13.3. The molecule has 0 bridgehead atoms. The number of anilines is 1. The number of rotatable bonds is 6. The third-order valence-corrected chi connectivity index (χ3v) is 3.44. The molecule has 0 saturated heterocycles. The maximum Gasteiger partial charge on any atom is 0.254 e. The number of nitrogens with zero attached hydrogens (tertiary/aromatic N) is 2. The van der Waals surface area contributed by atoms with Gasteiger partial charge >= 0.3 is 0 Å².